The molecule has 0 atom stereocenters. The van der Waals surface area contributed by atoms with E-state index in [1.54, 1.807) is 12.1 Å². The van der Waals surface area contributed by atoms with Crippen LogP contribution in [0.1, 0.15) is 36.7 Å². The molecule has 7 heteroatoms. The van der Waals surface area contributed by atoms with Gasteiger partial charge in [0, 0.05) is 37.0 Å². The second-order valence-corrected chi connectivity index (χ2v) is 6.31. The Hall–Kier alpha value is -2.70. The number of H-pyrrole nitrogens is 1. The molecule has 2 heterocycles. The summed E-state index contributed by atoms with van der Waals surface area (Å²) in [6.45, 7) is 8.32. The van der Waals surface area contributed by atoms with E-state index in [0.29, 0.717) is 30.1 Å². The number of benzene rings is 1. The quantitative estimate of drug-likeness (QED) is 0.754. The monoisotopic (exact) mass is 326 g/mol. The lowest BCUT2D eigenvalue weighted by Crippen LogP contribution is -2.33. The number of nitrogens with one attached hydrogen (secondary N) is 1. The van der Waals surface area contributed by atoms with Crippen molar-refractivity contribution in [3.63, 3.8) is 0 Å². The highest BCUT2D eigenvalue weighted by Crippen LogP contribution is 2.16. The van der Waals surface area contributed by atoms with Gasteiger partial charge in [-0.2, -0.15) is 20.5 Å². The maximum absolute atomic E-state index is 13.0. The molecule has 3 aromatic rings. The molecule has 1 aromatic carbocycles. The van der Waals surface area contributed by atoms with E-state index in [1.807, 2.05) is 35.0 Å². The molecule has 0 aliphatic carbocycles. The number of aromatic amines is 1. The van der Waals surface area contributed by atoms with Crippen molar-refractivity contribution in [3.05, 3.63) is 41.7 Å². The molecule has 0 aliphatic heterocycles. The van der Waals surface area contributed by atoms with Gasteiger partial charge in [-0.1, -0.05) is 13.8 Å². The average Bonchev–Trinajstić information content (AvgIpc) is 3.21. The van der Waals surface area contributed by atoms with Crippen molar-refractivity contribution in [1.82, 2.24) is 30.1 Å². The van der Waals surface area contributed by atoms with Gasteiger partial charge in [0.05, 0.1) is 6.20 Å². The standard InChI is InChI=1S/C17H22N6O/c1-4-23-11-13(8-18-23)10-22(9-12(2)3)17(24)14-5-6-15-16(7-14)20-21-19-15/h5-8,11-12H,4,9-10H2,1-3H3,(H,19,20,21). The number of nitrogens with zero attached hydrogens (tertiary/aromatic N) is 5. The van der Waals surface area contributed by atoms with Crippen molar-refractivity contribution in [2.24, 2.45) is 5.92 Å². The highest BCUT2D eigenvalue weighted by Gasteiger charge is 2.19. The first-order chi connectivity index (χ1) is 11.6. The number of hydrogen-bond donors (Lipinski definition) is 1. The predicted molar refractivity (Wildman–Crippen MR) is 91.4 cm³/mol. The fourth-order valence-corrected chi connectivity index (χ4v) is 2.70. The summed E-state index contributed by atoms with van der Waals surface area (Å²) in [5.41, 5.74) is 3.11. The van der Waals surface area contributed by atoms with Gasteiger partial charge in [-0.3, -0.25) is 9.48 Å². The normalized spacial score (nSPS) is 11.3. The number of carbonyl (C=O) groups excluding carboxylic acids is 1. The average molecular weight is 326 g/mol. The van der Waals surface area contributed by atoms with Crippen molar-refractivity contribution in [2.75, 3.05) is 6.54 Å². The van der Waals surface area contributed by atoms with Crippen LogP contribution in [0.3, 0.4) is 0 Å². The van der Waals surface area contributed by atoms with E-state index in [9.17, 15) is 4.79 Å². The van der Waals surface area contributed by atoms with Gasteiger partial charge in [0.1, 0.15) is 11.0 Å². The summed E-state index contributed by atoms with van der Waals surface area (Å²) < 4.78 is 1.87. The van der Waals surface area contributed by atoms with Gasteiger partial charge in [-0.25, -0.2) is 0 Å². The summed E-state index contributed by atoms with van der Waals surface area (Å²) in [6.07, 6.45) is 3.81. The van der Waals surface area contributed by atoms with E-state index < -0.39 is 0 Å². The maximum atomic E-state index is 13.0. The molecule has 0 saturated carbocycles. The lowest BCUT2D eigenvalue weighted by atomic mass is 10.1. The van der Waals surface area contributed by atoms with Gasteiger partial charge in [0.25, 0.3) is 5.91 Å². The Balaban J connectivity index is 1.84. The third-order valence-corrected chi connectivity index (χ3v) is 3.82. The highest BCUT2D eigenvalue weighted by atomic mass is 16.2. The molecule has 0 radical (unpaired) electrons. The molecule has 2 aromatic heterocycles. The molecule has 0 bridgehead atoms. The lowest BCUT2D eigenvalue weighted by molar-refractivity contribution is 0.0723. The number of amides is 1. The first-order valence-corrected chi connectivity index (χ1v) is 8.18. The molecule has 0 fully saturated rings. The zero-order valence-electron chi connectivity index (χ0n) is 14.2. The van der Waals surface area contributed by atoms with Crippen LogP contribution in [-0.4, -0.2) is 42.5 Å². The largest absolute Gasteiger partial charge is 0.334 e. The third-order valence-electron chi connectivity index (χ3n) is 3.82. The van der Waals surface area contributed by atoms with Gasteiger partial charge < -0.3 is 4.90 Å². The molecule has 1 N–H and O–H groups in total. The van der Waals surface area contributed by atoms with Crippen LogP contribution >= 0.6 is 0 Å². The fourth-order valence-electron chi connectivity index (χ4n) is 2.70. The molecule has 0 unspecified atom stereocenters. The first kappa shape index (κ1) is 16.2. The first-order valence-electron chi connectivity index (χ1n) is 8.18. The molecule has 0 saturated heterocycles. The second-order valence-electron chi connectivity index (χ2n) is 6.31. The number of hydrogen-bond acceptors (Lipinski definition) is 4. The van der Waals surface area contributed by atoms with Crippen molar-refractivity contribution >= 4 is 16.9 Å². The Morgan fingerprint density at radius 1 is 1.29 bits per heavy atom. The van der Waals surface area contributed by atoms with Crippen LogP contribution in [-0.2, 0) is 13.1 Å². The van der Waals surface area contributed by atoms with E-state index in [1.165, 1.54) is 0 Å². The molecular formula is C17H22N6O. The summed E-state index contributed by atoms with van der Waals surface area (Å²) in [7, 11) is 0. The maximum Gasteiger partial charge on any atom is 0.254 e. The van der Waals surface area contributed by atoms with Gasteiger partial charge >= 0.3 is 0 Å². The Labute approximate surface area is 140 Å². The summed E-state index contributed by atoms with van der Waals surface area (Å²) >= 11 is 0. The van der Waals surface area contributed by atoms with Gasteiger partial charge in [-0.15, -0.1) is 0 Å². The fraction of sp³-hybridized carbons (Fsp3) is 0.412. The van der Waals surface area contributed by atoms with Crippen LogP contribution in [0.25, 0.3) is 11.0 Å². The van der Waals surface area contributed by atoms with E-state index >= 15 is 0 Å². The smallest absolute Gasteiger partial charge is 0.254 e. The molecule has 7 nitrogen and oxygen atoms in total. The van der Waals surface area contributed by atoms with Crippen molar-refractivity contribution in [3.8, 4) is 0 Å². The molecule has 3 rings (SSSR count). The van der Waals surface area contributed by atoms with Crippen LogP contribution in [0.4, 0.5) is 0 Å². The van der Waals surface area contributed by atoms with Crippen LogP contribution in [0, 0.1) is 5.92 Å². The number of rotatable bonds is 6. The number of aryl methyl sites for hydroxylation is 1. The predicted octanol–water partition coefficient (Wildman–Crippen LogP) is 2.47. The van der Waals surface area contributed by atoms with Crippen molar-refractivity contribution in [2.45, 2.75) is 33.9 Å². The topological polar surface area (TPSA) is 79.7 Å². The summed E-state index contributed by atoms with van der Waals surface area (Å²) in [5.74, 6) is 0.379. The Morgan fingerprint density at radius 2 is 2.08 bits per heavy atom. The molecule has 0 spiro atoms. The van der Waals surface area contributed by atoms with Crippen molar-refractivity contribution < 1.29 is 4.79 Å². The molecule has 24 heavy (non-hydrogen) atoms. The minimum atomic E-state index is -0.00199. The van der Waals surface area contributed by atoms with Gasteiger partial charge in [-0.05, 0) is 31.0 Å². The van der Waals surface area contributed by atoms with E-state index in [0.717, 1.165) is 17.6 Å². The van der Waals surface area contributed by atoms with E-state index in [2.05, 4.69) is 34.4 Å². The number of carbonyl (C=O) groups is 1. The lowest BCUT2D eigenvalue weighted by Gasteiger charge is -2.24. The number of aromatic nitrogens is 5. The zero-order valence-corrected chi connectivity index (χ0v) is 14.2. The zero-order chi connectivity index (χ0) is 17.1. The summed E-state index contributed by atoms with van der Waals surface area (Å²) in [4.78, 5) is 14.8. The Kier molecular flexibility index (Phi) is 4.59. The molecular weight excluding hydrogens is 304 g/mol. The third kappa shape index (κ3) is 3.45. The molecule has 126 valence electrons. The molecule has 0 aliphatic rings. The minimum Gasteiger partial charge on any atom is -0.334 e. The van der Waals surface area contributed by atoms with Crippen LogP contribution in [0.5, 0.6) is 0 Å². The van der Waals surface area contributed by atoms with Crippen LogP contribution < -0.4 is 0 Å². The Bertz CT molecular complexity index is 834. The molecule has 1 amide bonds. The van der Waals surface area contributed by atoms with Crippen LogP contribution in [0.2, 0.25) is 0 Å². The summed E-state index contributed by atoms with van der Waals surface area (Å²) in [6, 6.07) is 5.40. The summed E-state index contributed by atoms with van der Waals surface area (Å²) in [5, 5.41) is 14.9. The highest BCUT2D eigenvalue weighted by molar-refractivity contribution is 5.97. The van der Waals surface area contributed by atoms with Crippen molar-refractivity contribution in [1.29, 1.82) is 0 Å². The van der Waals surface area contributed by atoms with E-state index in [-0.39, 0.29) is 5.91 Å². The van der Waals surface area contributed by atoms with E-state index in [4.69, 9.17) is 0 Å². The number of fused-ring (bicyclic) bond motifs is 1. The SMILES string of the molecule is CCn1cc(CN(CC(C)C)C(=O)c2ccc3n[nH]nc3c2)cn1. The van der Waals surface area contributed by atoms with Gasteiger partial charge in [0.2, 0.25) is 0 Å². The van der Waals surface area contributed by atoms with Gasteiger partial charge in [0.15, 0.2) is 0 Å². The Morgan fingerprint density at radius 3 is 2.79 bits per heavy atom. The minimum absolute atomic E-state index is 0.00199. The second kappa shape index (κ2) is 6.82. The van der Waals surface area contributed by atoms with Crippen LogP contribution in [0.15, 0.2) is 30.6 Å².